The van der Waals surface area contributed by atoms with E-state index in [9.17, 15) is 0 Å². The van der Waals surface area contributed by atoms with E-state index < -0.39 is 0 Å². The van der Waals surface area contributed by atoms with Crippen LogP contribution in [-0.4, -0.2) is 0 Å². The molecule has 0 spiro atoms. The molecule has 1 nitrogen and oxygen atoms in total. The third-order valence-electron chi connectivity index (χ3n) is 1.50. The van der Waals surface area contributed by atoms with Gasteiger partial charge in [0, 0.05) is 0 Å². The van der Waals surface area contributed by atoms with Crippen LogP contribution in [0.4, 0.5) is 0 Å². The van der Waals surface area contributed by atoms with Gasteiger partial charge < -0.3 is 4.74 Å². The average Bonchev–Trinajstić information content (AvgIpc) is 2.72. The zero-order valence-electron chi connectivity index (χ0n) is 20.1. The van der Waals surface area contributed by atoms with E-state index in [2.05, 4.69) is 27.0 Å². The Morgan fingerprint density at radius 3 is 1.42 bits per heavy atom. The third kappa shape index (κ3) is 49.5. The summed E-state index contributed by atoms with van der Waals surface area (Å²) < 4.78 is 5.58. The van der Waals surface area contributed by atoms with E-state index in [1.54, 1.807) is 18.2 Å². The summed E-state index contributed by atoms with van der Waals surface area (Å²) in [6, 6.07) is 0. The summed E-state index contributed by atoms with van der Waals surface area (Å²) in [4.78, 5) is 0. The Kier molecular flexibility index (Phi) is 85.8. The zero-order valence-corrected chi connectivity index (χ0v) is 20.1. The van der Waals surface area contributed by atoms with Gasteiger partial charge in [-0.05, 0) is 38.2 Å². The first-order valence-electron chi connectivity index (χ1n) is 10.3. The van der Waals surface area contributed by atoms with E-state index >= 15 is 0 Å². The predicted molar refractivity (Wildman–Crippen MR) is 129 cm³/mol. The van der Waals surface area contributed by atoms with E-state index in [1.165, 1.54) is 6.42 Å². The van der Waals surface area contributed by atoms with Crippen molar-refractivity contribution in [3.8, 4) is 0 Å². The van der Waals surface area contributed by atoms with Gasteiger partial charge >= 0.3 is 0 Å². The summed E-state index contributed by atoms with van der Waals surface area (Å²) in [6.45, 7) is 31.4. The number of hydrogen-bond donors (Lipinski definition) is 0. The van der Waals surface area contributed by atoms with Gasteiger partial charge in [-0.1, -0.05) is 113 Å². The molecule has 0 aromatic carbocycles. The van der Waals surface area contributed by atoms with Crippen LogP contribution in [0.25, 0.3) is 0 Å². The van der Waals surface area contributed by atoms with Gasteiger partial charge in [-0.25, -0.2) is 0 Å². The number of allylic oxidation sites excluding steroid dienone is 8. The maximum atomic E-state index is 5.58. The maximum absolute atomic E-state index is 5.58. The molecule has 0 saturated carbocycles. The molecule has 0 atom stereocenters. The minimum Gasteiger partial charge on any atom is -0.457 e. The van der Waals surface area contributed by atoms with E-state index in [0.29, 0.717) is 5.76 Å². The molecule has 156 valence electrons. The van der Waals surface area contributed by atoms with Crippen molar-refractivity contribution in [3.05, 3.63) is 73.3 Å². The summed E-state index contributed by atoms with van der Waals surface area (Å²) in [5.74, 6) is 1.45. The van der Waals surface area contributed by atoms with E-state index in [-0.39, 0.29) is 0 Å². The van der Waals surface area contributed by atoms with Crippen molar-refractivity contribution >= 4 is 0 Å². The summed E-state index contributed by atoms with van der Waals surface area (Å²) in [7, 11) is 0. The Hall–Kier alpha value is -1.76. The first-order chi connectivity index (χ1) is 12.7. The fraction of sp³-hybridized carbons (Fsp3) is 0.520. The van der Waals surface area contributed by atoms with Gasteiger partial charge in [0.2, 0.25) is 0 Å². The van der Waals surface area contributed by atoms with Crippen LogP contribution in [0.1, 0.15) is 89.5 Å². The molecule has 26 heavy (non-hydrogen) atoms. The van der Waals surface area contributed by atoms with Crippen molar-refractivity contribution in [2.75, 3.05) is 0 Å². The lowest BCUT2D eigenvalue weighted by atomic mass is 10.3. The lowest BCUT2D eigenvalue weighted by Crippen LogP contribution is -1.87. The van der Waals surface area contributed by atoms with Crippen molar-refractivity contribution in [2.45, 2.75) is 89.5 Å². The van der Waals surface area contributed by atoms with Crippen LogP contribution >= 0.6 is 0 Å². The van der Waals surface area contributed by atoms with Gasteiger partial charge in [-0.2, -0.15) is 0 Å². The molecule has 0 heterocycles. The van der Waals surface area contributed by atoms with Crippen molar-refractivity contribution in [3.63, 3.8) is 0 Å². The second-order valence-corrected chi connectivity index (χ2v) is 3.41. The van der Waals surface area contributed by atoms with Crippen LogP contribution in [0.5, 0.6) is 0 Å². The molecule has 0 aliphatic carbocycles. The third-order valence-corrected chi connectivity index (χ3v) is 1.50. The lowest BCUT2D eigenvalue weighted by Gasteiger charge is -2.05. The highest BCUT2D eigenvalue weighted by atomic mass is 16.5. The zero-order chi connectivity index (χ0) is 22.2. The minimum absolute atomic E-state index is 0.708. The summed E-state index contributed by atoms with van der Waals surface area (Å²) in [5, 5.41) is 0. The summed E-state index contributed by atoms with van der Waals surface area (Å²) >= 11 is 0. The number of hydrogen-bond acceptors (Lipinski definition) is 1. The van der Waals surface area contributed by atoms with Crippen LogP contribution in [0.3, 0.4) is 0 Å². The standard InChI is InChI=1S/C14H18O.C3H8.4C2H6/c1-5-9-12-13(8-4)15-14(10-6-2)11-7-3;1-3-2;4*1-2/h5-12H,2,4H2,1,3H3;3H2,1-2H3;4*1-2H3/b9-5-,11-7-,13-12+,14-10+;;;;;. The van der Waals surface area contributed by atoms with Crippen molar-refractivity contribution in [2.24, 2.45) is 0 Å². The fourth-order valence-corrected chi connectivity index (χ4v) is 0.875. The van der Waals surface area contributed by atoms with Crippen LogP contribution < -0.4 is 0 Å². The molecular formula is C25H50O. The Bertz CT molecular complexity index is 328. The first kappa shape index (κ1) is 39.4. The summed E-state index contributed by atoms with van der Waals surface area (Å²) in [6.07, 6.45) is 15.9. The molecule has 0 saturated heterocycles. The van der Waals surface area contributed by atoms with Crippen molar-refractivity contribution in [1.29, 1.82) is 0 Å². The van der Waals surface area contributed by atoms with Crippen LogP contribution in [0.2, 0.25) is 0 Å². The minimum atomic E-state index is 0.708. The van der Waals surface area contributed by atoms with Gasteiger partial charge in [-0.3, -0.25) is 0 Å². The topological polar surface area (TPSA) is 9.23 Å². The molecule has 0 fully saturated rings. The smallest absolute Gasteiger partial charge is 0.127 e. The highest BCUT2D eigenvalue weighted by molar-refractivity contribution is 5.24. The Morgan fingerprint density at radius 2 is 1.15 bits per heavy atom. The van der Waals surface area contributed by atoms with Crippen molar-refractivity contribution < 1.29 is 4.74 Å². The fourth-order valence-electron chi connectivity index (χ4n) is 0.875. The van der Waals surface area contributed by atoms with Crippen LogP contribution in [0.15, 0.2) is 73.3 Å². The normalized spacial score (nSPS) is 9.38. The second kappa shape index (κ2) is 56.7. The Labute approximate surface area is 168 Å². The number of ether oxygens (including phenoxy) is 1. The molecule has 0 radical (unpaired) electrons. The quantitative estimate of drug-likeness (QED) is 0.335. The van der Waals surface area contributed by atoms with E-state index in [0.717, 1.165) is 5.76 Å². The summed E-state index contributed by atoms with van der Waals surface area (Å²) in [5.41, 5.74) is 0. The molecule has 0 amide bonds. The molecule has 0 bridgehead atoms. The average molecular weight is 367 g/mol. The Morgan fingerprint density at radius 1 is 0.731 bits per heavy atom. The van der Waals surface area contributed by atoms with Crippen LogP contribution in [-0.2, 0) is 4.74 Å². The molecule has 0 N–H and O–H groups in total. The highest BCUT2D eigenvalue weighted by Crippen LogP contribution is 2.09. The first-order valence-corrected chi connectivity index (χ1v) is 10.3. The molecule has 0 aromatic heterocycles. The Balaban J connectivity index is -0.0000000763. The highest BCUT2D eigenvalue weighted by Gasteiger charge is 1.94. The van der Waals surface area contributed by atoms with Gasteiger partial charge in [0.05, 0.1) is 0 Å². The lowest BCUT2D eigenvalue weighted by molar-refractivity contribution is 0.336. The molecule has 0 rings (SSSR count). The molecule has 0 aromatic rings. The second-order valence-electron chi connectivity index (χ2n) is 3.41. The molecule has 0 aliphatic heterocycles. The van der Waals surface area contributed by atoms with E-state index in [1.807, 2.05) is 99.6 Å². The van der Waals surface area contributed by atoms with Crippen molar-refractivity contribution in [1.82, 2.24) is 0 Å². The number of rotatable bonds is 6. The predicted octanol–water partition coefficient (Wildman–Crippen LogP) is 9.82. The molecular weight excluding hydrogens is 316 g/mol. The van der Waals surface area contributed by atoms with Gasteiger partial charge in [-0.15, -0.1) is 0 Å². The van der Waals surface area contributed by atoms with Crippen LogP contribution in [0, 0.1) is 0 Å². The van der Waals surface area contributed by atoms with Gasteiger partial charge in [0.1, 0.15) is 11.5 Å². The molecule has 0 unspecified atom stereocenters. The molecule has 0 aliphatic rings. The van der Waals surface area contributed by atoms with Gasteiger partial charge in [0.25, 0.3) is 0 Å². The largest absolute Gasteiger partial charge is 0.457 e. The monoisotopic (exact) mass is 366 g/mol. The van der Waals surface area contributed by atoms with E-state index in [4.69, 9.17) is 4.74 Å². The molecule has 1 heteroatoms. The maximum Gasteiger partial charge on any atom is 0.127 e. The van der Waals surface area contributed by atoms with Gasteiger partial charge in [0.15, 0.2) is 0 Å². The SMILES string of the molecule is C=C/C=C(\C=C/C)O/C(C=C)=C/C=C\C.CC.CC.CC.CC.CCC.